The molecule has 0 amide bonds. The van der Waals surface area contributed by atoms with Crippen molar-refractivity contribution in [1.82, 2.24) is 14.9 Å². The fraction of sp³-hybridized carbons (Fsp3) is 0.304. The van der Waals surface area contributed by atoms with Gasteiger partial charge >= 0.3 is 0 Å². The Morgan fingerprint density at radius 2 is 1.64 bits per heavy atom. The third-order valence-corrected chi connectivity index (χ3v) is 4.49. The summed E-state index contributed by atoms with van der Waals surface area (Å²) in [5.74, 6) is 1.92. The van der Waals surface area contributed by atoms with Crippen LogP contribution in [0, 0.1) is 0 Å². The van der Waals surface area contributed by atoms with Crippen LogP contribution in [0.15, 0.2) is 60.7 Å². The number of rotatable bonds is 8. The molecular weight excluding hydrogens is 346 g/mol. The Bertz CT molecular complexity index is 873. The van der Waals surface area contributed by atoms with Gasteiger partial charge in [-0.1, -0.05) is 56.3 Å². The molecule has 28 heavy (non-hydrogen) atoms. The Morgan fingerprint density at radius 1 is 0.929 bits per heavy atom. The molecule has 5 heteroatoms. The lowest BCUT2D eigenvalue weighted by atomic mass is 10.0. The van der Waals surface area contributed by atoms with Gasteiger partial charge in [0.25, 0.3) is 0 Å². The van der Waals surface area contributed by atoms with Crippen LogP contribution in [-0.4, -0.2) is 42.1 Å². The summed E-state index contributed by atoms with van der Waals surface area (Å²) in [7, 11) is 4.12. The summed E-state index contributed by atoms with van der Waals surface area (Å²) in [6.45, 7) is 6.14. The Hall–Kier alpha value is -2.92. The molecule has 3 rings (SSSR count). The maximum Gasteiger partial charge on any atom is 0.229 e. The summed E-state index contributed by atoms with van der Waals surface area (Å²) in [4.78, 5) is 11.5. The maximum absolute atomic E-state index is 4.73. The van der Waals surface area contributed by atoms with Crippen molar-refractivity contribution >= 4 is 17.5 Å². The topological polar surface area (TPSA) is 53.1 Å². The smallest absolute Gasteiger partial charge is 0.229 e. The van der Waals surface area contributed by atoms with Crippen LogP contribution in [0.5, 0.6) is 0 Å². The zero-order valence-corrected chi connectivity index (χ0v) is 17.1. The lowest BCUT2D eigenvalue weighted by Crippen LogP contribution is -2.21. The van der Waals surface area contributed by atoms with E-state index in [1.165, 1.54) is 5.56 Å². The predicted molar refractivity (Wildman–Crippen MR) is 118 cm³/mol. The first-order chi connectivity index (χ1) is 13.5. The molecule has 0 aliphatic carbocycles. The molecule has 2 N–H and O–H groups in total. The first-order valence-corrected chi connectivity index (χ1v) is 9.71. The van der Waals surface area contributed by atoms with Gasteiger partial charge in [0.15, 0.2) is 0 Å². The molecule has 2 aromatic carbocycles. The highest BCUT2D eigenvalue weighted by Gasteiger charge is 2.08. The van der Waals surface area contributed by atoms with Gasteiger partial charge < -0.3 is 15.5 Å². The molecular formula is C23H29N5. The summed E-state index contributed by atoms with van der Waals surface area (Å²) < 4.78 is 0. The zero-order valence-electron chi connectivity index (χ0n) is 17.1. The van der Waals surface area contributed by atoms with Crippen LogP contribution in [0.25, 0.3) is 11.3 Å². The number of aromatic nitrogens is 2. The maximum atomic E-state index is 4.73. The monoisotopic (exact) mass is 375 g/mol. The fourth-order valence-electron chi connectivity index (χ4n) is 2.84. The van der Waals surface area contributed by atoms with Crippen molar-refractivity contribution in [2.75, 3.05) is 37.8 Å². The quantitative estimate of drug-likeness (QED) is 0.581. The Morgan fingerprint density at radius 3 is 2.29 bits per heavy atom. The summed E-state index contributed by atoms with van der Waals surface area (Å²) in [6.07, 6.45) is 0. The molecule has 1 aromatic heterocycles. The van der Waals surface area contributed by atoms with Gasteiger partial charge in [0.2, 0.25) is 5.95 Å². The molecule has 0 bridgehead atoms. The van der Waals surface area contributed by atoms with E-state index in [4.69, 9.17) is 4.98 Å². The third kappa shape index (κ3) is 5.54. The first kappa shape index (κ1) is 19.8. The summed E-state index contributed by atoms with van der Waals surface area (Å²) in [5.41, 5.74) is 4.26. The highest BCUT2D eigenvalue weighted by molar-refractivity contribution is 5.66. The van der Waals surface area contributed by atoms with Crippen molar-refractivity contribution in [1.29, 1.82) is 0 Å². The van der Waals surface area contributed by atoms with E-state index in [0.29, 0.717) is 11.9 Å². The van der Waals surface area contributed by atoms with Crippen molar-refractivity contribution in [3.8, 4) is 11.3 Å². The van der Waals surface area contributed by atoms with Gasteiger partial charge in [-0.25, -0.2) is 4.98 Å². The van der Waals surface area contributed by atoms with E-state index < -0.39 is 0 Å². The number of hydrogen-bond acceptors (Lipinski definition) is 5. The van der Waals surface area contributed by atoms with E-state index in [-0.39, 0.29) is 0 Å². The minimum Gasteiger partial charge on any atom is -0.369 e. The summed E-state index contributed by atoms with van der Waals surface area (Å²) >= 11 is 0. The number of anilines is 3. The van der Waals surface area contributed by atoms with E-state index >= 15 is 0 Å². The number of nitrogens with zero attached hydrogens (tertiary/aromatic N) is 3. The molecule has 0 fully saturated rings. The van der Waals surface area contributed by atoms with Crippen molar-refractivity contribution < 1.29 is 0 Å². The van der Waals surface area contributed by atoms with Crippen LogP contribution in [-0.2, 0) is 0 Å². The van der Waals surface area contributed by atoms with E-state index in [9.17, 15) is 0 Å². The van der Waals surface area contributed by atoms with Gasteiger partial charge in [-0.3, -0.25) is 0 Å². The number of benzene rings is 2. The second-order valence-corrected chi connectivity index (χ2v) is 7.46. The van der Waals surface area contributed by atoms with Crippen LogP contribution >= 0.6 is 0 Å². The SMILES string of the molecule is CC(C)c1ccc(Nc2nc(NCCN(C)C)cc(-c3ccccc3)n2)cc1. The summed E-state index contributed by atoms with van der Waals surface area (Å²) in [5, 5.41) is 6.75. The molecule has 0 unspecified atom stereocenters. The molecule has 1 heterocycles. The standard InChI is InChI=1S/C23H29N5/c1-17(2)18-10-12-20(13-11-18)25-23-26-21(19-8-6-5-7-9-19)16-22(27-23)24-14-15-28(3)4/h5-13,16-17H,14-15H2,1-4H3,(H2,24,25,26,27). The Labute approximate surface area is 167 Å². The van der Waals surface area contributed by atoms with Crippen molar-refractivity contribution in [2.45, 2.75) is 19.8 Å². The molecule has 3 aromatic rings. The first-order valence-electron chi connectivity index (χ1n) is 9.71. The van der Waals surface area contributed by atoms with E-state index in [1.807, 2.05) is 24.3 Å². The van der Waals surface area contributed by atoms with Crippen molar-refractivity contribution in [3.05, 3.63) is 66.2 Å². The lowest BCUT2D eigenvalue weighted by Gasteiger charge is -2.14. The molecule has 0 atom stereocenters. The van der Waals surface area contributed by atoms with Crippen molar-refractivity contribution in [3.63, 3.8) is 0 Å². The van der Waals surface area contributed by atoms with Crippen LogP contribution in [0.1, 0.15) is 25.3 Å². The molecule has 0 saturated carbocycles. The van der Waals surface area contributed by atoms with Gasteiger partial charge in [-0.05, 0) is 37.7 Å². The zero-order chi connectivity index (χ0) is 19.9. The molecule has 5 nitrogen and oxygen atoms in total. The van der Waals surface area contributed by atoms with E-state index in [0.717, 1.165) is 35.9 Å². The average molecular weight is 376 g/mol. The minimum atomic E-state index is 0.513. The minimum absolute atomic E-state index is 0.513. The van der Waals surface area contributed by atoms with E-state index in [1.54, 1.807) is 0 Å². The highest BCUT2D eigenvalue weighted by atomic mass is 15.2. The normalized spacial score (nSPS) is 11.1. The third-order valence-electron chi connectivity index (χ3n) is 4.49. The van der Waals surface area contributed by atoms with Gasteiger partial charge in [0.1, 0.15) is 5.82 Å². The Kier molecular flexibility index (Phi) is 6.61. The van der Waals surface area contributed by atoms with Crippen molar-refractivity contribution in [2.24, 2.45) is 0 Å². The molecule has 0 radical (unpaired) electrons. The largest absolute Gasteiger partial charge is 0.369 e. The second-order valence-electron chi connectivity index (χ2n) is 7.46. The number of hydrogen-bond donors (Lipinski definition) is 2. The summed E-state index contributed by atoms with van der Waals surface area (Å²) in [6, 6.07) is 20.6. The number of likely N-dealkylation sites (N-methyl/N-ethyl adjacent to an activating group) is 1. The Balaban J connectivity index is 1.85. The second kappa shape index (κ2) is 9.33. The average Bonchev–Trinajstić information content (AvgIpc) is 2.68. The van der Waals surface area contributed by atoms with Gasteiger partial charge in [0, 0.05) is 30.4 Å². The van der Waals surface area contributed by atoms with Gasteiger partial charge in [-0.15, -0.1) is 0 Å². The highest BCUT2D eigenvalue weighted by Crippen LogP contribution is 2.24. The fourth-order valence-corrected chi connectivity index (χ4v) is 2.84. The van der Waals surface area contributed by atoms with Crippen LogP contribution < -0.4 is 10.6 Å². The van der Waals surface area contributed by atoms with Crippen LogP contribution in [0.2, 0.25) is 0 Å². The number of nitrogens with one attached hydrogen (secondary N) is 2. The molecule has 0 saturated heterocycles. The van der Waals surface area contributed by atoms with E-state index in [2.05, 4.69) is 84.9 Å². The van der Waals surface area contributed by atoms with Crippen LogP contribution in [0.4, 0.5) is 17.5 Å². The molecule has 0 spiro atoms. The molecule has 0 aliphatic heterocycles. The van der Waals surface area contributed by atoms with Gasteiger partial charge in [0.05, 0.1) is 5.69 Å². The predicted octanol–water partition coefficient (Wildman–Crippen LogP) is 4.98. The lowest BCUT2D eigenvalue weighted by molar-refractivity contribution is 0.425. The molecule has 0 aliphatic rings. The molecule has 146 valence electrons. The van der Waals surface area contributed by atoms with Crippen LogP contribution in [0.3, 0.4) is 0 Å². The van der Waals surface area contributed by atoms with Gasteiger partial charge in [-0.2, -0.15) is 4.98 Å².